The number of nitrogens with zero attached hydrogens (tertiary/aromatic N) is 4. The molecule has 112 valence electrons. The number of benzene rings is 1. The van der Waals surface area contributed by atoms with Gasteiger partial charge in [-0.3, -0.25) is 0 Å². The van der Waals surface area contributed by atoms with Crippen LogP contribution in [0.2, 0.25) is 0 Å². The molecule has 0 saturated carbocycles. The van der Waals surface area contributed by atoms with E-state index in [0.717, 1.165) is 16.8 Å². The molecule has 1 aromatic carbocycles. The molecule has 2 N–H and O–H groups in total. The van der Waals surface area contributed by atoms with Crippen molar-refractivity contribution in [3.63, 3.8) is 0 Å². The lowest BCUT2D eigenvalue weighted by molar-refractivity contribution is 0.408. The smallest absolute Gasteiger partial charge is 0.182 e. The quantitative estimate of drug-likeness (QED) is 0.829. The van der Waals surface area contributed by atoms with Gasteiger partial charge in [-0.1, -0.05) is 0 Å². The van der Waals surface area contributed by atoms with Crippen LogP contribution in [-0.4, -0.2) is 40.1 Å². The van der Waals surface area contributed by atoms with Gasteiger partial charge < -0.3 is 5.73 Å². The van der Waals surface area contributed by atoms with E-state index in [1.54, 1.807) is 4.68 Å². The third-order valence-electron chi connectivity index (χ3n) is 3.89. The van der Waals surface area contributed by atoms with Gasteiger partial charge in [0, 0.05) is 11.3 Å². The van der Waals surface area contributed by atoms with E-state index in [9.17, 15) is 8.42 Å². The second-order valence-corrected chi connectivity index (χ2v) is 7.71. The molecule has 0 spiro atoms. The Morgan fingerprint density at radius 2 is 2.00 bits per heavy atom. The van der Waals surface area contributed by atoms with E-state index in [1.165, 1.54) is 0 Å². The number of sulfone groups is 1. The highest BCUT2D eigenvalue weighted by Crippen LogP contribution is 2.28. The summed E-state index contributed by atoms with van der Waals surface area (Å²) in [5.41, 5.74) is 8.41. The highest BCUT2D eigenvalue weighted by Gasteiger charge is 2.27. The molecule has 1 aliphatic rings. The second kappa shape index (κ2) is 5.10. The van der Waals surface area contributed by atoms with Gasteiger partial charge in [0.25, 0.3) is 0 Å². The summed E-state index contributed by atoms with van der Waals surface area (Å²) in [6.45, 7) is 1.93. The number of nitrogens with two attached hydrogens (primary N) is 1. The zero-order valence-electron chi connectivity index (χ0n) is 11.7. The standard InChI is InChI=1S/C13H17N5O2S/c1-9-8-10(2-3-12(9)14)13-15-16-17-18(13)11-4-6-21(19,20)7-5-11/h2-3,8,11H,4-7,14H2,1H3. The summed E-state index contributed by atoms with van der Waals surface area (Å²) >= 11 is 0. The van der Waals surface area contributed by atoms with Crippen LogP contribution in [0.4, 0.5) is 5.69 Å². The summed E-state index contributed by atoms with van der Waals surface area (Å²) in [6, 6.07) is 5.67. The van der Waals surface area contributed by atoms with Crippen molar-refractivity contribution in [2.75, 3.05) is 17.2 Å². The molecule has 0 bridgehead atoms. The fourth-order valence-corrected chi connectivity index (χ4v) is 4.03. The van der Waals surface area contributed by atoms with E-state index < -0.39 is 9.84 Å². The molecule has 3 rings (SSSR count). The van der Waals surface area contributed by atoms with Crippen LogP contribution in [0.3, 0.4) is 0 Å². The molecule has 1 fully saturated rings. The first-order valence-corrected chi connectivity index (χ1v) is 8.63. The van der Waals surface area contributed by atoms with E-state index in [0.29, 0.717) is 18.7 Å². The van der Waals surface area contributed by atoms with Crippen LogP contribution in [0.5, 0.6) is 0 Å². The predicted octanol–water partition coefficient (Wildman–Crippen LogP) is 0.980. The maximum Gasteiger partial charge on any atom is 0.182 e. The van der Waals surface area contributed by atoms with Gasteiger partial charge in [-0.15, -0.1) is 5.10 Å². The topological polar surface area (TPSA) is 104 Å². The van der Waals surface area contributed by atoms with Gasteiger partial charge in [0.15, 0.2) is 5.82 Å². The zero-order valence-corrected chi connectivity index (χ0v) is 12.5. The number of anilines is 1. The Morgan fingerprint density at radius 1 is 1.29 bits per heavy atom. The van der Waals surface area contributed by atoms with Crippen LogP contribution in [0.15, 0.2) is 18.2 Å². The molecule has 7 nitrogen and oxygen atoms in total. The van der Waals surface area contributed by atoms with E-state index in [4.69, 9.17) is 5.73 Å². The van der Waals surface area contributed by atoms with Crippen LogP contribution in [-0.2, 0) is 9.84 Å². The van der Waals surface area contributed by atoms with Gasteiger partial charge in [0.1, 0.15) is 9.84 Å². The number of aromatic nitrogens is 4. The van der Waals surface area contributed by atoms with Crippen molar-refractivity contribution in [1.29, 1.82) is 0 Å². The number of hydrogen-bond acceptors (Lipinski definition) is 6. The minimum absolute atomic E-state index is 0.0244. The van der Waals surface area contributed by atoms with E-state index in [1.807, 2.05) is 25.1 Å². The second-order valence-electron chi connectivity index (χ2n) is 5.40. The highest BCUT2D eigenvalue weighted by molar-refractivity contribution is 7.91. The number of nitrogen functional groups attached to an aromatic ring is 1. The molecule has 0 atom stereocenters. The number of tetrazole rings is 1. The van der Waals surface area contributed by atoms with Crippen LogP contribution in [0.1, 0.15) is 24.4 Å². The molecule has 0 radical (unpaired) electrons. The normalized spacial score (nSPS) is 18.7. The van der Waals surface area contributed by atoms with Gasteiger partial charge in [0.2, 0.25) is 0 Å². The summed E-state index contributed by atoms with van der Waals surface area (Å²) in [6.07, 6.45) is 1.10. The first kappa shape index (κ1) is 14.0. The Kier molecular flexibility index (Phi) is 3.40. The first-order chi connectivity index (χ1) is 9.96. The fraction of sp³-hybridized carbons (Fsp3) is 0.462. The Bertz CT molecular complexity index is 755. The molecule has 0 amide bonds. The summed E-state index contributed by atoms with van der Waals surface area (Å²) < 4.78 is 24.8. The molecule has 21 heavy (non-hydrogen) atoms. The van der Waals surface area contributed by atoms with Crippen LogP contribution < -0.4 is 5.73 Å². The number of hydrogen-bond donors (Lipinski definition) is 1. The van der Waals surface area contributed by atoms with Gasteiger partial charge in [-0.2, -0.15) is 0 Å². The third-order valence-corrected chi connectivity index (χ3v) is 5.61. The Balaban J connectivity index is 1.92. The molecule has 8 heteroatoms. The fourth-order valence-electron chi connectivity index (χ4n) is 2.57. The molecular formula is C13H17N5O2S. The van der Waals surface area contributed by atoms with Crippen molar-refractivity contribution in [2.45, 2.75) is 25.8 Å². The molecule has 1 saturated heterocycles. The average Bonchev–Trinajstić information content (AvgIpc) is 2.91. The maximum absolute atomic E-state index is 11.5. The van der Waals surface area contributed by atoms with Crippen LogP contribution in [0.25, 0.3) is 11.4 Å². The maximum atomic E-state index is 11.5. The largest absolute Gasteiger partial charge is 0.399 e. The van der Waals surface area contributed by atoms with Crippen molar-refractivity contribution in [3.05, 3.63) is 23.8 Å². The lowest BCUT2D eigenvalue weighted by atomic mass is 10.1. The molecule has 1 aromatic heterocycles. The Morgan fingerprint density at radius 3 is 2.67 bits per heavy atom. The van der Waals surface area contributed by atoms with Crippen LogP contribution in [0, 0.1) is 6.92 Å². The molecular weight excluding hydrogens is 290 g/mol. The van der Waals surface area contributed by atoms with Crippen molar-refractivity contribution < 1.29 is 8.42 Å². The lowest BCUT2D eigenvalue weighted by Crippen LogP contribution is -2.26. The molecule has 2 aromatic rings. The van der Waals surface area contributed by atoms with Crippen molar-refractivity contribution in [2.24, 2.45) is 0 Å². The van der Waals surface area contributed by atoms with Gasteiger partial charge >= 0.3 is 0 Å². The number of rotatable bonds is 2. The molecule has 2 heterocycles. The zero-order chi connectivity index (χ0) is 15.0. The predicted molar refractivity (Wildman–Crippen MR) is 79.3 cm³/mol. The minimum atomic E-state index is -2.90. The monoisotopic (exact) mass is 307 g/mol. The Hall–Kier alpha value is -1.96. The van der Waals surface area contributed by atoms with E-state index in [-0.39, 0.29) is 17.5 Å². The summed E-state index contributed by atoms with van der Waals surface area (Å²) in [5, 5.41) is 11.9. The molecule has 0 unspecified atom stereocenters. The van der Waals surface area contributed by atoms with Gasteiger partial charge in [0.05, 0.1) is 17.5 Å². The Labute approximate surface area is 123 Å². The van der Waals surface area contributed by atoms with E-state index >= 15 is 0 Å². The molecule has 1 aliphatic heterocycles. The van der Waals surface area contributed by atoms with Gasteiger partial charge in [-0.25, -0.2) is 13.1 Å². The summed E-state index contributed by atoms with van der Waals surface area (Å²) in [7, 11) is -2.90. The first-order valence-electron chi connectivity index (χ1n) is 6.81. The van der Waals surface area contributed by atoms with E-state index in [2.05, 4.69) is 15.5 Å². The number of aryl methyl sites for hydroxylation is 1. The average molecular weight is 307 g/mol. The highest BCUT2D eigenvalue weighted by atomic mass is 32.2. The molecule has 0 aliphatic carbocycles. The van der Waals surface area contributed by atoms with Crippen molar-refractivity contribution >= 4 is 15.5 Å². The SMILES string of the molecule is Cc1cc(-c2nnnn2C2CCS(=O)(=O)CC2)ccc1N. The third kappa shape index (κ3) is 2.76. The minimum Gasteiger partial charge on any atom is -0.399 e. The summed E-state index contributed by atoms with van der Waals surface area (Å²) in [4.78, 5) is 0. The lowest BCUT2D eigenvalue weighted by Gasteiger charge is -2.22. The van der Waals surface area contributed by atoms with Crippen molar-refractivity contribution in [1.82, 2.24) is 20.2 Å². The summed E-state index contributed by atoms with van der Waals surface area (Å²) in [5.74, 6) is 1.04. The van der Waals surface area contributed by atoms with Crippen LogP contribution >= 0.6 is 0 Å². The van der Waals surface area contributed by atoms with Gasteiger partial charge in [-0.05, 0) is 54.0 Å². The van der Waals surface area contributed by atoms with Crippen molar-refractivity contribution in [3.8, 4) is 11.4 Å².